The van der Waals surface area contributed by atoms with Crippen LogP contribution in [0.3, 0.4) is 0 Å². The SMILES string of the molecule is CC(=O)O.CC(=O)O.CCOc1cc(C)c(-c2nccn2CC2(O)CCCNC2)cc1C(C)C. The molecule has 0 saturated carbocycles. The fraction of sp³-hybridized carbons (Fsp3) is 0.560. The minimum atomic E-state index is -0.833. The van der Waals surface area contributed by atoms with Crippen molar-refractivity contribution in [1.82, 2.24) is 14.9 Å². The topological polar surface area (TPSA) is 134 Å². The van der Waals surface area contributed by atoms with Gasteiger partial charge in [-0.2, -0.15) is 0 Å². The molecular formula is C25H39N3O6. The summed E-state index contributed by atoms with van der Waals surface area (Å²) in [7, 11) is 0. The van der Waals surface area contributed by atoms with E-state index in [1.165, 1.54) is 5.56 Å². The number of carboxylic acids is 2. The summed E-state index contributed by atoms with van der Waals surface area (Å²) >= 11 is 0. The Balaban J connectivity index is 0.000000629. The van der Waals surface area contributed by atoms with Crippen molar-refractivity contribution in [3.05, 3.63) is 35.7 Å². The Morgan fingerprint density at radius 2 is 1.85 bits per heavy atom. The molecule has 4 N–H and O–H groups in total. The second kappa shape index (κ2) is 13.7. The zero-order valence-corrected chi connectivity index (χ0v) is 21.1. The highest BCUT2D eigenvalue weighted by atomic mass is 16.5. The van der Waals surface area contributed by atoms with Crippen LogP contribution in [0.15, 0.2) is 24.5 Å². The number of carbonyl (C=O) groups is 2. The second-order valence-electron chi connectivity index (χ2n) is 8.71. The number of aromatic nitrogens is 2. The molecule has 34 heavy (non-hydrogen) atoms. The molecule has 3 rings (SSSR count). The summed E-state index contributed by atoms with van der Waals surface area (Å²) < 4.78 is 7.93. The highest BCUT2D eigenvalue weighted by molar-refractivity contribution is 5.65. The smallest absolute Gasteiger partial charge is 0.300 e. The van der Waals surface area contributed by atoms with Gasteiger partial charge in [-0.1, -0.05) is 13.8 Å². The first-order chi connectivity index (χ1) is 15.9. The van der Waals surface area contributed by atoms with Gasteiger partial charge in [-0.05, 0) is 62.4 Å². The van der Waals surface area contributed by atoms with Gasteiger partial charge in [0.2, 0.25) is 0 Å². The number of nitrogens with one attached hydrogen (secondary N) is 1. The van der Waals surface area contributed by atoms with Crippen molar-refractivity contribution >= 4 is 11.9 Å². The summed E-state index contributed by atoms with van der Waals surface area (Å²) in [5, 5.41) is 29.0. The highest BCUT2D eigenvalue weighted by Crippen LogP contribution is 2.34. The number of imidazole rings is 1. The second-order valence-corrected chi connectivity index (χ2v) is 8.71. The van der Waals surface area contributed by atoms with Gasteiger partial charge < -0.3 is 29.9 Å². The number of aryl methyl sites for hydroxylation is 1. The van der Waals surface area contributed by atoms with Crippen molar-refractivity contribution in [3.8, 4) is 17.1 Å². The Bertz CT molecular complexity index is 913. The van der Waals surface area contributed by atoms with E-state index in [-0.39, 0.29) is 0 Å². The van der Waals surface area contributed by atoms with Crippen LogP contribution in [0, 0.1) is 6.92 Å². The number of hydrogen-bond acceptors (Lipinski definition) is 6. The molecule has 1 unspecified atom stereocenters. The van der Waals surface area contributed by atoms with Crippen LogP contribution in [0.25, 0.3) is 11.4 Å². The number of aliphatic hydroxyl groups is 1. The average Bonchev–Trinajstić information content (AvgIpc) is 3.15. The standard InChI is InChI=1S/C21H31N3O2.2C2H4O2/c1-5-26-19-11-16(4)18(12-17(19)15(2)3)20-23-9-10-24(20)14-21(25)7-6-8-22-13-21;2*1-2(3)4/h9-12,15,22,25H,5-8,13-14H2,1-4H3;2*1H3,(H,3,4). The van der Waals surface area contributed by atoms with Gasteiger partial charge in [-0.25, -0.2) is 4.98 Å². The average molecular weight is 478 g/mol. The predicted molar refractivity (Wildman–Crippen MR) is 131 cm³/mol. The molecule has 1 aromatic carbocycles. The van der Waals surface area contributed by atoms with Gasteiger partial charge in [0.05, 0.1) is 18.8 Å². The van der Waals surface area contributed by atoms with E-state index < -0.39 is 17.5 Å². The van der Waals surface area contributed by atoms with Crippen molar-refractivity contribution in [2.24, 2.45) is 0 Å². The van der Waals surface area contributed by atoms with Crippen LogP contribution < -0.4 is 10.1 Å². The molecule has 0 amide bonds. The van der Waals surface area contributed by atoms with Gasteiger partial charge in [-0.3, -0.25) is 9.59 Å². The van der Waals surface area contributed by atoms with E-state index in [1.807, 2.05) is 19.3 Å². The van der Waals surface area contributed by atoms with Crippen LogP contribution in [-0.2, 0) is 16.1 Å². The van der Waals surface area contributed by atoms with Crippen molar-refractivity contribution in [3.63, 3.8) is 0 Å². The van der Waals surface area contributed by atoms with Gasteiger partial charge in [0.25, 0.3) is 11.9 Å². The largest absolute Gasteiger partial charge is 0.494 e. The van der Waals surface area contributed by atoms with Crippen molar-refractivity contribution in [1.29, 1.82) is 0 Å². The first-order valence-electron chi connectivity index (χ1n) is 11.5. The zero-order valence-electron chi connectivity index (χ0n) is 21.1. The van der Waals surface area contributed by atoms with Crippen LogP contribution in [0.1, 0.15) is 64.5 Å². The van der Waals surface area contributed by atoms with Gasteiger partial charge in [0, 0.05) is 38.3 Å². The van der Waals surface area contributed by atoms with Gasteiger partial charge in [0.15, 0.2) is 0 Å². The molecule has 1 aromatic heterocycles. The predicted octanol–water partition coefficient (Wildman–Crippen LogP) is 3.68. The molecule has 0 bridgehead atoms. The van der Waals surface area contributed by atoms with Crippen LogP contribution in [-0.4, -0.2) is 62.1 Å². The van der Waals surface area contributed by atoms with Gasteiger partial charge in [0.1, 0.15) is 11.6 Å². The third kappa shape index (κ3) is 9.52. The maximum absolute atomic E-state index is 10.9. The molecule has 2 heterocycles. The third-order valence-electron chi connectivity index (χ3n) is 5.15. The Morgan fingerprint density at radius 3 is 2.35 bits per heavy atom. The highest BCUT2D eigenvalue weighted by Gasteiger charge is 2.30. The third-order valence-corrected chi connectivity index (χ3v) is 5.15. The van der Waals surface area contributed by atoms with E-state index in [0.29, 0.717) is 25.6 Å². The Labute approximate surface area is 201 Å². The van der Waals surface area contributed by atoms with Crippen molar-refractivity contribution < 1.29 is 29.6 Å². The number of aliphatic carboxylic acids is 2. The van der Waals surface area contributed by atoms with Crippen LogP contribution in [0.2, 0.25) is 0 Å². The lowest BCUT2D eigenvalue weighted by Crippen LogP contribution is -2.48. The normalized spacial score (nSPS) is 17.2. The first-order valence-corrected chi connectivity index (χ1v) is 11.5. The number of rotatable bonds is 6. The number of β-amino-alcohol motifs (C(OH)–C–C–N with tert-alkyl or cyclic N) is 1. The minimum Gasteiger partial charge on any atom is -0.494 e. The number of ether oxygens (including phenoxy) is 1. The van der Waals surface area contributed by atoms with E-state index in [9.17, 15) is 5.11 Å². The van der Waals surface area contributed by atoms with Crippen LogP contribution in [0.4, 0.5) is 0 Å². The number of nitrogens with zero attached hydrogens (tertiary/aromatic N) is 2. The van der Waals surface area contributed by atoms with E-state index in [1.54, 1.807) is 0 Å². The lowest BCUT2D eigenvalue weighted by molar-refractivity contribution is -0.135. The van der Waals surface area contributed by atoms with Gasteiger partial charge >= 0.3 is 0 Å². The molecule has 0 spiro atoms. The Kier molecular flexibility index (Phi) is 11.7. The summed E-state index contributed by atoms with van der Waals surface area (Å²) in [5.41, 5.74) is 2.72. The molecule has 1 aliphatic rings. The molecule has 0 radical (unpaired) electrons. The van der Waals surface area contributed by atoms with Crippen LogP contribution in [0.5, 0.6) is 5.75 Å². The maximum Gasteiger partial charge on any atom is 0.300 e. The lowest BCUT2D eigenvalue weighted by Gasteiger charge is -2.33. The molecule has 9 heteroatoms. The van der Waals surface area contributed by atoms with Gasteiger partial charge in [-0.15, -0.1) is 0 Å². The molecule has 190 valence electrons. The molecular weight excluding hydrogens is 438 g/mol. The quantitative estimate of drug-likeness (QED) is 0.495. The maximum atomic E-state index is 10.9. The van der Waals surface area contributed by atoms with Crippen molar-refractivity contribution in [2.45, 2.75) is 72.4 Å². The molecule has 0 aliphatic carbocycles. The Hall–Kier alpha value is -2.91. The number of hydrogen-bond donors (Lipinski definition) is 4. The minimum absolute atomic E-state index is 0.367. The molecule has 1 atom stereocenters. The van der Waals surface area contributed by atoms with Crippen LogP contribution >= 0.6 is 0 Å². The summed E-state index contributed by atoms with van der Waals surface area (Å²) in [5.74, 6) is 0.564. The molecule has 1 saturated heterocycles. The summed E-state index contributed by atoms with van der Waals surface area (Å²) in [4.78, 5) is 22.6. The number of carboxylic acid groups (broad SMARTS) is 2. The first kappa shape index (κ1) is 29.1. The lowest BCUT2D eigenvalue weighted by atomic mass is 9.93. The fourth-order valence-electron chi connectivity index (χ4n) is 3.76. The molecule has 2 aromatic rings. The van der Waals surface area contributed by atoms with E-state index in [2.05, 4.69) is 47.8 Å². The fourth-order valence-corrected chi connectivity index (χ4v) is 3.76. The Morgan fingerprint density at radius 1 is 1.24 bits per heavy atom. The summed E-state index contributed by atoms with van der Waals surface area (Å²) in [6.45, 7) is 13.5. The molecule has 1 fully saturated rings. The number of benzene rings is 1. The molecule has 1 aliphatic heterocycles. The van der Waals surface area contributed by atoms with E-state index in [0.717, 1.165) is 55.9 Å². The summed E-state index contributed by atoms with van der Waals surface area (Å²) in [6.07, 6.45) is 5.60. The monoisotopic (exact) mass is 477 g/mol. The summed E-state index contributed by atoms with van der Waals surface area (Å²) in [6, 6.07) is 4.32. The zero-order chi connectivity index (χ0) is 25.9. The van der Waals surface area contributed by atoms with E-state index in [4.69, 9.17) is 24.5 Å². The molecule has 9 nitrogen and oxygen atoms in total. The van der Waals surface area contributed by atoms with E-state index >= 15 is 0 Å². The number of piperidine rings is 1. The van der Waals surface area contributed by atoms with Crippen molar-refractivity contribution in [2.75, 3.05) is 19.7 Å².